The maximum atomic E-state index is 5.17. The number of pyridine rings is 1. The van der Waals surface area contributed by atoms with Gasteiger partial charge in [-0.25, -0.2) is 15.0 Å². The Bertz CT molecular complexity index is 2820. The van der Waals surface area contributed by atoms with Crippen LogP contribution < -0.4 is 0 Å². The van der Waals surface area contributed by atoms with Crippen LogP contribution in [0.25, 0.3) is 99.5 Å². The Morgan fingerprint density at radius 3 is 1.62 bits per heavy atom. The summed E-state index contributed by atoms with van der Waals surface area (Å²) in [4.78, 5) is 19.7. The van der Waals surface area contributed by atoms with E-state index >= 15 is 0 Å². The van der Waals surface area contributed by atoms with Gasteiger partial charge in [0.2, 0.25) is 0 Å². The molecule has 0 fully saturated rings. The van der Waals surface area contributed by atoms with E-state index in [1.54, 1.807) is 6.20 Å². The largest absolute Gasteiger partial charge is 0.264 e. The second kappa shape index (κ2) is 11.4. The lowest BCUT2D eigenvalue weighted by Gasteiger charge is -2.14. The topological polar surface area (TPSA) is 51.6 Å². The lowest BCUT2D eigenvalue weighted by Crippen LogP contribution is -2.01. The summed E-state index contributed by atoms with van der Waals surface area (Å²) in [6, 6.07) is 55.6. The molecule has 0 amide bonds. The highest BCUT2D eigenvalue weighted by Crippen LogP contribution is 2.39. The third-order valence-electron chi connectivity index (χ3n) is 9.79. The average molecular weight is 637 g/mol. The van der Waals surface area contributed by atoms with Crippen LogP contribution in [0.2, 0.25) is 0 Å². The maximum absolute atomic E-state index is 5.17. The molecule has 4 heteroatoms. The molecule has 0 atom stereocenters. The predicted octanol–water partition coefficient (Wildman–Crippen LogP) is 11.7. The van der Waals surface area contributed by atoms with Crippen molar-refractivity contribution >= 4 is 43.1 Å². The van der Waals surface area contributed by atoms with Gasteiger partial charge in [-0.1, -0.05) is 146 Å². The first-order chi connectivity index (χ1) is 24.8. The van der Waals surface area contributed by atoms with Crippen molar-refractivity contribution in [3.8, 4) is 56.4 Å². The molecule has 2 aromatic heterocycles. The van der Waals surface area contributed by atoms with Crippen LogP contribution in [-0.2, 0) is 0 Å². The normalized spacial score (nSPS) is 11.6. The molecule has 8 aromatic carbocycles. The van der Waals surface area contributed by atoms with Gasteiger partial charge in [-0.3, -0.25) is 4.98 Å². The minimum absolute atomic E-state index is 0.631. The van der Waals surface area contributed by atoms with Gasteiger partial charge >= 0.3 is 0 Å². The number of rotatable bonds is 5. The number of hydrogen-bond acceptors (Lipinski definition) is 4. The van der Waals surface area contributed by atoms with Crippen LogP contribution in [0.4, 0.5) is 0 Å². The monoisotopic (exact) mass is 636 g/mol. The molecule has 0 aliphatic carbocycles. The second-order valence-corrected chi connectivity index (χ2v) is 12.7. The zero-order valence-electron chi connectivity index (χ0n) is 27.0. The van der Waals surface area contributed by atoms with Gasteiger partial charge < -0.3 is 0 Å². The Labute approximate surface area is 288 Å². The first kappa shape index (κ1) is 28.3. The van der Waals surface area contributed by atoms with E-state index in [1.807, 2.05) is 12.3 Å². The molecule has 0 radical (unpaired) electrons. The van der Waals surface area contributed by atoms with Crippen LogP contribution in [-0.4, -0.2) is 19.9 Å². The lowest BCUT2D eigenvalue weighted by atomic mass is 9.92. The van der Waals surface area contributed by atoms with E-state index in [0.29, 0.717) is 17.5 Å². The van der Waals surface area contributed by atoms with Crippen LogP contribution in [0.15, 0.2) is 170 Å². The van der Waals surface area contributed by atoms with Gasteiger partial charge in [0, 0.05) is 29.1 Å². The van der Waals surface area contributed by atoms with Crippen LogP contribution >= 0.6 is 0 Å². The molecule has 0 aliphatic rings. The molecular formula is C46H28N4. The molecule has 0 aliphatic heterocycles. The van der Waals surface area contributed by atoms with E-state index in [9.17, 15) is 0 Å². The first-order valence-corrected chi connectivity index (χ1v) is 16.8. The van der Waals surface area contributed by atoms with Crippen molar-refractivity contribution in [1.29, 1.82) is 0 Å². The molecule has 2 heterocycles. The van der Waals surface area contributed by atoms with Gasteiger partial charge in [0.25, 0.3) is 0 Å². The predicted molar refractivity (Wildman–Crippen MR) is 206 cm³/mol. The van der Waals surface area contributed by atoms with Crippen molar-refractivity contribution < 1.29 is 0 Å². The highest BCUT2D eigenvalue weighted by Gasteiger charge is 2.17. The fraction of sp³-hybridized carbons (Fsp3) is 0. The molecular weight excluding hydrogens is 609 g/mol. The molecule has 50 heavy (non-hydrogen) atoms. The number of hydrogen-bond donors (Lipinski definition) is 0. The molecule has 10 rings (SSSR count). The van der Waals surface area contributed by atoms with Gasteiger partial charge in [-0.05, 0) is 77.5 Å². The first-order valence-electron chi connectivity index (χ1n) is 16.8. The minimum Gasteiger partial charge on any atom is -0.264 e. The quantitative estimate of drug-likeness (QED) is 0.176. The maximum Gasteiger partial charge on any atom is 0.164 e. The van der Waals surface area contributed by atoms with Crippen molar-refractivity contribution in [2.75, 3.05) is 0 Å². The van der Waals surface area contributed by atoms with Crippen molar-refractivity contribution in [2.45, 2.75) is 0 Å². The molecule has 0 saturated carbocycles. The Morgan fingerprint density at radius 2 is 0.880 bits per heavy atom. The average Bonchev–Trinajstić information content (AvgIpc) is 3.20. The van der Waals surface area contributed by atoms with Gasteiger partial charge in [0.05, 0.1) is 0 Å². The van der Waals surface area contributed by atoms with Crippen LogP contribution in [0.3, 0.4) is 0 Å². The van der Waals surface area contributed by atoms with Gasteiger partial charge in [0.1, 0.15) is 0 Å². The number of nitrogens with zero attached hydrogens (tertiary/aromatic N) is 4. The highest BCUT2D eigenvalue weighted by molar-refractivity contribution is 6.25. The summed E-state index contributed by atoms with van der Waals surface area (Å²) in [5, 5.41) is 9.77. The highest BCUT2D eigenvalue weighted by atomic mass is 15.0. The van der Waals surface area contributed by atoms with Crippen molar-refractivity contribution in [3.05, 3.63) is 170 Å². The SMILES string of the molecule is c1cncc(-c2ccc(-c3nc(-c4ccc(-c5cccc6ccccc56)cc4)nc(-c4ccc5ccc6cccc7ccc4c5c67)n3)cc2)c1. The third-order valence-corrected chi connectivity index (χ3v) is 9.79. The van der Waals surface area contributed by atoms with E-state index in [2.05, 4.69) is 157 Å². The second-order valence-electron chi connectivity index (χ2n) is 12.7. The van der Waals surface area contributed by atoms with Crippen molar-refractivity contribution in [2.24, 2.45) is 0 Å². The van der Waals surface area contributed by atoms with Crippen LogP contribution in [0.5, 0.6) is 0 Å². The molecule has 0 N–H and O–H groups in total. The zero-order chi connectivity index (χ0) is 33.0. The zero-order valence-corrected chi connectivity index (χ0v) is 27.0. The van der Waals surface area contributed by atoms with E-state index < -0.39 is 0 Å². The molecule has 232 valence electrons. The Hall–Kier alpha value is -6.78. The Morgan fingerprint density at radius 1 is 0.300 bits per heavy atom. The Kier molecular flexibility index (Phi) is 6.46. The summed E-state index contributed by atoms with van der Waals surface area (Å²) in [6.07, 6.45) is 3.67. The Balaban J connectivity index is 1.14. The number of aromatic nitrogens is 4. The smallest absolute Gasteiger partial charge is 0.164 e. The van der Waals surface area contributed by atoms with Crippen LogP contribution in [0, 0.1) is 0 Å². The fourth-order valence-electron chi connectivity index (χ4n) is 7.31. The molecule has 4 nitrogen and oxygen atoms in total. The van der Waals surface area contributed by atoms with Gasteiger partial charge in [-0.2, -0.15) is 0 Å². The standard InChI is InChI=1S/C46H28N4/c1-2-11-38-30(6-1)7-4-12-39(38)31-15-21-36(22-16-31)45-48-44(35-19-13-29(14-20-35)37-10-5-27-47-28-37)49-46(50-45)41-26-24-34-18-17-32-8-3-9-33-23-25-40(41)43(34)42(32)33/h1-28H. The summed E-state index contributed by atoms with van der Waals surface area (Å²) >= 11 is 0. The summed E-state index contributed by atoms with van der Waals surface area (Å²) in [6.45, 7) is 0. The van der Waals surface area contributed by atoms with E-state index in [1.165, 1.54) is 43.3 Å². The van der Waals surface area contributed by atoms with E-state index in [-0.39, 0.29) is 0 Å². The number of benzene rings is 8. The summed E-state index contributed by atoms with van der Waals surface area (Å²) in [5.41, 5.74) is 7.35. The van der Waals surface area contributed by atoms with Crippen molar-refractivity contribution in [1.82, 2.24) is 19.9 Å². The lowest BCUT2D eigenvalue weighted by molar-refractivity contribution is 1.08. The van der Waals surface area contributed by atoms with Gasteiger partial charge in [0.15, 0.2) is 17.5 Å². The van der Waals surface area contributed by atoms with Crippen LogP contribution in [0.1, 0.15) is 0 Å². The third kappa shape index (κ3) is 4.69. The van der Waals surface area contributed by atoms with E-state index in [0.717, 1.165) is 38.8 Å². The summed E-state index contributed by atoms with van der Waals surface area (Å²) < 4.78 is 0. The summed E-state index contributed by atoms with van der Waals surface area (Å²) in [5.74, 6) is 1.92. The molecule has 0 saturated heterocycles. The molecule has 0 unspecified atom stereocenters. The van der Waals surface area contributed by atoms with E-state index in [4.69, 9.17) is 15.0 Å². The fourth-order valence-corrected chi connectivity index (χ4v) is 7.31. The summed E-state index contributed by atoms with van der Waals surface area (Å²) in [7, 11) is 0. The van der Waals surface area contributed by atoms with Gasteiger partial charge in [-0.15, -0.1) is 0 Å². The minimum atomic E-state index is 0.631. The van der Waals surface area contributed by atoms with Crippen molar-refractivity contribution in [3.63, 3.8) is 0 Å². The molecule has 10 aromatic rings. The molecule has 0 bridgehead atoms. The molecule has 0 spiro atoms. The number of fused-ring (bicyclic) bond motifs is 1.